The van der Waals surface area contributed by atoms with Gasteiger partial charge >= 0.3 is 0 Å². The Morgan fingerprint density at radius 2 is 1.33 bits per heavy atom. The lowest BCUT2D eigenvalue weighted by Crippen LogP contribution is -2.28. The number of rotatable bonds is 5. The lowest BCUT2D eigenvalue weighted by Gasteiger charge is -2.37. The van der Waals surface area contributed by atoms with Crippen LogP contribution >= 0.6 is 0 Å². The first-order valence-corrected chi connectivity index (χ1v) is 8.45. The highest BCUT2D eigenvalue weighted by molar-refractivity contribution is 4.82. The number of ether oxygens (including phenoxy) is 1. The van der Waals surface area contributed by atoms with Crippen molar-refractivity contribution in [2.75, 3.05) is 6.61 Å². The van der Waals surface area contributed by atoms with E-state index in [4.69, 9.17) is 4.74 Å². The van der Waals surface area contributed by atoms with Crippen LogP contribution in [0.25, 0.3) is 0 Å². The summed E-state index contributed by atoms with van der Waals surface area (Å²) >= 11 is 0. The standard InChI is InChI=1S/C17H32O/c1-3-5-14-6-8-15(9-7-14)16-10-12-17(13-11-16)18-4-2/h14-17H,3-13H2,1-2H3/t14-,15-,16?,17?. The van der Waals surface area contributed by atoms with Crippen LogP contribution in [0.4, 0.5) is 0 Å². The van der Waals surface area contributed by atoms with Crippen molar-refractivity contribution in [1.29, 1.82) is 0 Å². The zero-order valence-corrected chi connectivity index (χ0v) is 12.5. The quantitative estimate of drug-likeness (QED) is 0.654. The Balaban J connectivity index is 1.68. The Morgan fingerprint density at radius 3 is 1.83 bits per heavy atom. The Morgan fingerprint density at radius 1 is 0.778 bits per heavy atom. The van der Waals surface area contributed by atoms with Crippen molar-refractivity contribution >= 4 is 0 Å². The van der Waals surface area contributed by atoms with Gasteiger partial charge in [-0.2, -0.15) is 0 Å². The molecule has 0 N–H and O–H groups in total. The van der Waals surface area contributed by atoms with Crippen molar-refractivity contribution in [2.24, 2.45) is 17.8 Å². The molecule has 0 aromatic carbocycles. The zero-order valence-electron chi connectivity index (χ0n) is 12.5. The molecule has 0 aliphatic heterocycles. The average molecular weight is 252 g/mol. The molecule has 2 saturated carbocycles. The summed E-state index contributed by atoms with van der Waals surface area (Å²) in [5, 5.41) is 0. The molecule has 0 spiro atoms. The molecule has 0 heterocycles. The molecule has 106 valence electrons. The van der Waals surface area contributed by atoms with Gasteiger partial charge < -0.3 is 4.74 Å². The summed E-state index contributed by atoms with van der Waals surface area (Å²) in [6.45, 7) is 5.36. The summed E-state index contributed by atoms with van der Waals surface area (Å²) in [6.07, 6.45) is 15.1. The first-order valence-electron chi connectivity index (χ1n) is 8.45. The maximum Gasteiger partial charge on any atom is 0.0575 e. The molecular weight excluding hydrogens is 220 g/mol. The summed E-state index contributed by atoms with van der Waals surface area (Å²) in [6, 6.07) is 0. The van der Waals surface area contributed by atoms with Crippen molar-refractivity contribution in [2.45, 2.75) is 84.2 Å². The normalized spacial score (nSPS) is 37.7. The summed E-state index contributed by atoms with van der Waals surface area (Å²) in [5.41, 5.74) is 0. The van der Waals surface area contributed by atoms with Crippen LogP contribution < -0.4 is 0 Å². The van der Waals surface area contributed by atoms with E-state index < -0.39 is 0 Å². The maximum atomic E-state index is 5.77. The smallest absolute Gasteiger partial charge is 0.0575 e. The van der Waals surface area contributed by atoms with Gasteiger partial charge in [-0.1, -0.05) is 32.6 Å². The molecule has 1 nitrogen and oxygen atoms in total. The minimum atomic E-state index is 0.586. The zero-order chi connectivity index (χ0) is 12.8. The number of hydrogen-bond acceptors (Lipinski definition) is 1. The fraction of sp³-hybridized carbons (Fsp3) is 1.00. The number of hydrogen-bond donors (Lipinski definition) is 0. The second-order valence-corrected chi connectivity index (χ2v) is 6.56. The second kappa shape index (κ2) is 7.53. The van der Waals surface area contributed by atoms with E-state index >= 15 is 0 Å². The van der Waals surface area contributed by atoms with E-state index in [9.17, 15) is 0 Å². The van der Waals surface area contributed by atoms with Gasteiger partial charge in [0, 0.05) is 6.61 Å². The molecule has 0 bridgehead atoms. The van der Waals surface area contributed by atoms with E-state index in [0.717, 1.165) is 24.4 Å². The van der Waals surface area contributed by atoms with Crippen LogP contribution in [0.15, 0.2) is 0 Å². The van der Waals surface area contributed by atoms with E-state index in [1.165, 1.54) is 64.2 Å². The molecule has 0 radical (unpaired) electrons. The first-order chi connectivity index (χ1) is 8.83. The summed E-state index contributed by atoms with van der Waals surface area (Å²) < 4.78 is 5.77. The van der Waals surface area contributed by atoms with Crippen molar-refractivity contribution in [3.05, 3.63) is 0 Å². The Labute approximate surface area is 114 Å². The average Bonchev–Trinajstić information content (AvgIpc) is 2.41. The van der Waals surface area contributed by atoms with E-state index in [2.05, 4.69) is 13.8 Å². The first kappa shape index (κ1) is 14.4. The lowest BCUT2D eigenvalue weighted by atomic mass is 9.70. The molecule has 0 unspecified atom stereocenters. The van der Waals surface area contributed by atoms with Gasteiger partial charge in [-0.05, 0) is 63.2 Å². The van der Waals surface area contributed by atoms with Crippen molar-refractivity contribution in [3.63, 3.8) is 0 Å². The third kappa shape index (κ3) is 3.98. The minimum absolute atomic E-state index is 0.586. The molecule has 0 amide bonds. The summed E-state index contributed by atoms with van der Waals surface area (Å²) in [7, 11) is 0. The largest absolute Gasteiger partial charge is 0.379 e. The van der Waals surface area contributed by atoms with Gasteiger partial charge in [0.15, 0.2) is 0 Å². The van der Waals surface area contributed by atoms with Crippen molar-refractivity contribution in [1.82, 2.24) is 0 Å². The van der Waals surface area contributed by atoms with Gasteiger partial charge in [0.25, 0.3) is 0 Å². The molecule has 2 aliphatic carbocycles. The molecule has 0 atom stereocenters. The summed E-state index contributed by atoms with van der Waals surface area (Å²) in [4.78, 5) is 0. The van der Waals surface area contributed by atoms with E-state index in [0.29, 0.717) is 6.10 Å². The minimum Gasteiger partial charge on any atom is -0.379 e. The molecule has 1 heteroatoms. The predicted octanol–water partition coefficient (Wildman–Crippen LogP) is 5.19. The highest BCUT2D eigenvalue weighted by Crippen LogP contribution is 2.41. The van der Waals surface area contributed by atoms with Crippen LogP contribution in [0.2, 0.25) is 0 Å². The maximum absolute atomic E-state index is 5.77. The van der Waals surface area contributed by atoms with Gasteiger partial charge in [-0.25, -0.2) is 0 Å². The van der Waals surface area contributed by atoms with Gasteiger partial charge in [0.2, 0.25) is 0 Å². The molecule has 2 aliphatic rings. The van der Waals surface area contributed by atoms with Crippen LogP contribution in [0.3, 0.4) is 0 Å². The van der Waals surface area contributed by atoms with E-state index in [1.807, 2.05) is 0 Å². The highest BCUT2D eigenvalue weighted by atomic mass is 16.5. The molecule has 0 aromatic rings. The van der Waals surface area contributed by atoms with E-state index in [-0.39, 0.29) is 0 Å². The van der Waals surface area contributed by atoms with Crippen LogP contribution in [0, 0.1) is 17.8 Å². The molecule has 18 heavy (non-hydrogen) atoms. The van der Waals surface area contributed by atoms with Crippen LogP contribution in [-0.2, 0) is 4.74 Å². The highest BCUT2D eigenvalue weighted by Gasteiger charge is 2.30. The third-order valence-electron chi connectivity index (χ3n) is 5.38. The van der Waals surface area contributed by atoms with Crippen molar-refractivity contribution in [3.8, 4) is 0 Å². The molecular formula is C17H32O. The monoisotopic (exact) mass is 252 g/mol. The topological polar surface area (TPSA) is 9.23 Å². The third-order valence-corrected chi connectivity index (χ3v) is 5.38. The second-order valence-electron chi connectivity index (χ2n) is 6.56. The van der Waals surface area contributed by atoms with Crippen LogP contribution in [0.1, 0.15) is 78.1 Å². The van der Waals surface area contributed by atoms with Gasteiger partial charge in [-0.15, -0.1) is 0 Å². The predicted molar refractivity (Wildman–Crippen MR) is 77.7 cm³/mol. The summed E-state index contributed by atoms with van der Waals surface area (Å²) in [5.74, 6) is 3.15. The fourth-order valence-electron chi connectivity index (χ4n) is 4.32. The Hall–Kier alpha value is -0.0400. The van der Waals surface area contributed by atoms with Gasteiger partial charge in [0.05, 0.1) is 6.10 Å². The molecule has 0 aromatic heterocycles. The Kier molecular flexibility index (Phi) is 6.01. The lowest BCUT2D eigenvalue weighted by molar-refractivity contribution is 0.0135. The van der Waals surface area contributed by atoms with Gasteiger partial charge in [0.1, 0.15) is 0 Å². The molecule has 0 saturated heterocycles. The molecule has 2 rings (SSSR count). The Bertz CT molecular complexity index is 186. The van der Waals surface area contributed by atoms with Gasteiger partial charge in [-0.3, -0.25) is 0 Å². The van der Waals surface area contributed by atoms with Crippen LogP contribution in [0.5, 0.6) is 0 Å². The molecule has 2 fully saturated rings. The van der Waals surface area contributed by atoms with E-state index in [1.54, 1.807) is 0 Å². The fourth-order valence-corrected chi connectivity index (χ4v) is 4.32. The SMILES string of the molecule is CCC[C@H]1CC[C@H](C2CCC(OCC)CC2)CC1. The van der Waals surface area contributed by atoms with Crippen molar-refractivity contribution < 1.29 is 4.74 Å². The van der Waals surface area contributed by atoms with Crippen LogP contribution in [-0.4, -0.2) is 12.7 Å².